The fraction of sp³-hybridized carbons (Fsp3) is 0.370. The predicted octanol–water partition coefficient (Wildman–Crippen LogP) is 5.12. The maximum Gasteiger partial charge on any atom is 0.268 e. The van der Waals surface area contributed by atoms with Crippen molar-refractivity contribution in [3.63, 3.8) is 0 Å². The van der Waals surface area contributed by atoms with Crippen LogP contribution < -0.4 is 10.9 Å². The van der Waals surface area contributed by atoms with Gasteiger partial charge in [0.2, 0.25) is 5.89 Å². The Morgan fingerprint density at radius 1 is 1.23 bits per heavy atom. The van der Waals surface area contributed by atoms with Crippen LogP contribution in [0.1, 0.15) is 70.1 Å². The summed E-state index contributed by atoms with van der Waals surface area (Å²) in [5, 5.41) is 19.9. The van der Waals surface area contributed by atoms with E-state index in [1.165, 1.54) is 0 Å². The molecule has 1 unspecified atom stereocenters. The van der Waals surface area contributed by atoms with Crippen LogP contribution in [0.15, 0.2) is 68.4 Å². The van der Waals surface area contributed by atoms with Gasteiger partial charge < -0.3 is 19.7 Å². The third kappa shape index (κ3) is 6.48. The van der Waals surface area contributed by atoms with Crippen molar-refractivity contribution in [2.24, 2.45) is 4.99 Å². The molecule has 0 aliphatic rings. The van der Waals surface area contributed by atoms with E-state index in [2.05, 4.69) is 22.4 Å². The lowest BCUT2D eigenvalue weighted by Crippen LogP contribution is -2.21. The van der Waals surface area contributed by atoms with Crippen LogP contribution in [0.3, 0.4) is 0 Å². The molecule has 2 heterocycles. The number of nitrogens with one attached hydrogen (secondary N) is 2. The maximum absolute atomic E-state index is 12.3. The first-order valence-corrected chi connectivity index (χ1v) is 11.8. The van der Waals surface area contributed by atoms with Gasteiger partial charge >= 0.3 is 0 Å². The molecule has 0 spiro atoms. The lowest BCUT2D eigenvalue weighted by Gasteiger charge is -2.16. The van der Waals surface area contributed by atoms with Gasteiger partial charge in [-0.05, 0) is 70.5 Å². The molecule has 2 aromatic heterocycles. The van der Waals surface area contributed by atoms with Crippen molar-refractivity contribution in [1.29, 1.82) is 5.41 Å². The molecule has 0 aliphatic heterocycles. The number of allylic oxidation sites excluding steroid dienone is 1. The predicted molar refractivity (Wildman–Crippen MR) is 140 cm³/mol. The SMILES string of the molecule is CCC(C)=CC(N=C(C(C)=N)c1nnc(-c2cccc(CNC)c2)o1)c1ccc(=O)n(C(C)C)c1. The minimum absolute atomic E-state index is 0.0180. The Morgan fingerprint density at radius 3 is 2.66 bits per heavy atom. The second-order valence-electron chi connectivity index (χ2n) is 8.86. The molecule has 0 fully saturated rings. The summed E-state index contributed by atoms with van der Waals surface area (Å²) in [6.07, 6.45) is 4.75. The number of nitrogens with zero attached hydrogens (tertiary/aromatic N) is 4. The Hall–Kier alpha value is -3.65. The van der Waals surface area contributed by atoms with Gasteiger partial charge in [0.15, 0.2) is 0 Å². The van der Waals surface area contributed by atoms with Gasteiger partial charge in [0, 0.05) is 30.4 Å². The van der Waals surface area contributed by atoms with Gasteiger partial charge in [0.25, 0.3) is 11.4 Å². The number of hydrogen-bond acceptors (Lipinski definition) is 7. The second-order valence-corrected chi connectivity index (χ2v) is 8.86. The zero-order chi connectivity index (χ0) is 25.5. The molecule has 0 bridgehead atoms. The summed E-state index contributed by atoms with van der Waals surface area (Å²) in [5.74, 6) is 0.563. The first-order chi connectivity index (χ1) is 16.7. The largest absolute Gasteiger partial charge is 0.415 e. The fourth-order valence-electron chi connectivity index (χ4n) is 3.60. The molecule has 2 N–H and O–H groups in total. The molecule has 0 radical (unpaired) electrons. The van der Waals surface area contributed by atoms with Crippen molar-refractivity contribution in [2.75, 3.05) is 7.05 Å². The molecule has 0 saturated carbocycles. The summed E-state index contributed by atoms with van der Waals surface area (Å²) < 4.78 is 7.67. The van der Waals surface area contributed by atoms with Crippen molar-refractivity contribution < 1.29 is 4.42 Å². The molecule has 3 aromatic rings. The number of aliphatic imine (C=N–C) groups is 1. The molecular weight excluding hydrogens is 440 g/mol. The van der Waals surface area contributed by atoms with Crippen LogP contribution in [-0.2, 0) is 6.54 Å². The summed E-state index contributed by atoms with van der Waals surface area (Å²) in [6.45, 7) is 10.4. The molecule has 0 aliphatic carbocycles. The Kier molecular flexibility index (Phi) is 8.65. The van der Waals surface area contributed by atoms with Crippen molar-refractivity contribution in [1.82, 2.24) is 20.1 Å². The molecule has 1 atom stereocenters. The zero-order valence-electron chi connectivity index (χ0n) is 21.3. The Morgan fingerprint density at radius 2 is 2.00 bits per heavy atom. The minimum atomic E-state index is -0.412. The van der Waals surface area contributed by atoms with Gasteiger partial charge in [-0.2, -0.15) is 0 Å². The van der Waals surface area contributed by atoms with Crippen LogP contribution in [0, 0.1) is 5.41 Å². The van der Waals surface area contributed by atoms with Crippen molar-refractivity contribution in [3.8, 4) is 11.5 Å². The quantitative estimate of drug-likeness (QED) is 0.313. The van der Waals surface area contributed by atoms with E-state index in [9.17, 15) is 4.79 Å². The summed E-state index contributed by atoms with van der Waals surface area (Å²) in [4.78, 5) is 17.2. The van der Waals surface area contributed by atoms with E-state index in [1.807, 2.05) is 64.4 Å². The normalized spacial score (nSPS) is 13.3. The van der Waals surface area contributed by atoms with Crippen LogP contribution in [0.2, 0.25) is 0 Å². The van der Waals surface area contributed by atoms with E-state index in [0.29, 0.717) is 11.6 Å². The molecular formula is C27H34N6O2. The van der Waals surface area contributed by atoms with E-state index in [4.69, 9.17) is 14.8 Å². The highest BCUT2D eigenvalue weighted by Crippen LogP contribution is 2.24. The highest BCUT2D eigenvalue weighted by Gasteiger charge is 2.20. The number of hydrogen-bond donors (Lipinski definition) is 2. The molecule has 35 heavy (non-hydrogen) atoms. The number of aromatic nitrogens is 3. The van der Waals surface area contributed by atoms with Crippen molar-refractivity contribution >= 4 is 11.4 Å². The highest BCUT2D eigenvalue weighted by atomic mass is 16.4. The van der Waals surface area contributed by atoms with E-state index >= 15 is 0 Å². The molecule has 184 valence electrons. The topological polar surface area (TPSA) is 109 Å². The van der Waals surface area contributed by atoms with Crippen LogP contribution >= 0.6 is 0 Å². The molecule has 0 saturated heterocycles. The minimum Gasteiger partial charge on any atom is -0.415 e. The lowest BCUT2D eigenvalue weighted by atomic mass is 10.0. The highest BCUT2D eigenvalue weighted by molar-refractivity contribution is 6.45. The summed E-state index contributed by atoms with van der Waals surface area (Å²) in [5.41, 5.74) is 4.38. The first kappa shape index (κ1) is 26.0. The molecule has 8 nitrogen and oxygen atoms in total. The Labute approximate surface area is 206 Å². The average Bonchev–Trinajstić information content (AvgIpc) is 3.32. The van der Waals surface area contributed by atoms with E-state index in [0.717, 1.165) is 35.2 Å². The third-order valence-corrected chi connectivity index (χ3v) is 5.66. The third-order valence-electron chi connectivity index (χ3n) is 5.66. The summed E-state index contributed by atoms with van der Waals surface area (Å²) >= 11 is 0. The van der Waals surface area contributed by atoms with Gasteiger partial charge in [-0.25, -0.2) is 0 Å². The van der Waals surface area contributed by atoms with Crippen molar-refractivity contribution in [2.45, 2.75) is 59.7 Å². The molecule has 8 heteroatoms. The molecule has 0 amide bonds. The fourth-order valence-corrected chi connectivity index (χ4v) is 3.60. The number of benzene rings is 1. The average molecular weight is 475 g/mol. The number of rotatable bonds is 10. The Balaban J connectivity index is 2.07. The van der Waals surface area contributed by atoms with Crippen LogP contribution in [0.25, 0.3) is 11.5 Å². The van der Waals surface area contributed by atoms with Gasteiger partial charge in [0.05, 0.1) is 11.8 Å². The smallest absolute Gasteiger partial charge is 0.268 e. The first-order valence-electron chi connectivity index (χ1n) is 11.8. The Bertz CT molecular complexity index is 1300. The van der Waals surface area contributed by atoms with Gasteiger partial charge in [-0.15, -0.1) is 10.2 Å². The zero-order valence-corrected chi connectivity index (χ0v) is 21.3. The number of pyridine rings is 1. The second kappa shape index (κ2) is 11.7. The lowest BCUT2D eigenvalue weighted by molar-refractivity contribution is 0.558. The van der Waals surface area contributed by atoms with Crippen LogP contribution in [-0.4, -0.2) is 33.2 Å². The summed E-state index contributed by atoms with van der Waals surface area (Å²) in [7, 11) is 1.89. The van der Waals surface area contributed by atoms with E-state index in [1.54, 1.807) is 23.6 Å². The molecule has 1 aromatic carbocycles. The van der Waals surface area contributed by atoms with E-state index in [-0.39, 0.29) is 23.2 Å². The van der Waals surface area contributed by atoms with Gasteiger partial charge in [-0.3, -0.25) is 9.79 Å². The van der Waals surface area contributed by atoms with Gasteiger partial charge in [-0.1, -0.05) is 30.7 Å². The van der Waals surface area contributed by atoms with E-state index < -0.39 is 6.04 Å². The standard InChI is InChI=1S/C27H34N6O2/c1-7-18(4)13-23(22-11-12-24(34)33(16-22)17(2)3)30-25(19(5)28)27-32-31-26(35-27)21-10-8-9-20(14-21)15-29-6/h8-14,16-17,23,28-29H,7,15H2,1-6H3. The maximum atomic E-state index is 12.3. The van der Waals surface area contributed by atoms with Gasteiger partial charge in [0.1, 0.15) is 5.71 Å². The summed E-state index contributed by atoms with van der Waals surface area (Å²) in [6, 6.07) is 10.8. The van der Waals surface area contributed by atoms with Crippen molar-refractivity contribution in [3.05, 3.63) is 81.6 Å². The monoisotopic (exact) mass is 474 g/mol. The van der Waals surface area contributed by atoms with Crippen LogP contribution in [0.5, 0.6) is 0 Å². The molecule has 3 rings (SSSR count). The van der Waals surface area contributed by atoms with Crippen LogP contribution in [0.4, 0.5) is 0 Å².